The fraction of sp³-hybridized carbons (Fsp3) is 0.667. The van der Waals surface area contributed by atoms with Crippen LogP contribution in [0.4, 0.5) is 0 Å². The molecule has 0 N–H and O–H groups in total. The van der Waals surface area contributed by atoms with Gasteiger partial charge in [0.1, 0.15) is 0 Å². The predicted molar refractivity (Wildman–Crippen MR) is 25.9 cm³/mol. The summed E-state index contributed by atoms with van der Waals surface area (Å²) in [5.41, 5.74) is 0. The molecule has 0 saturated carbocycles. The fourth-order valence-electron chi connectivity index (χ4n) is 0.106. The largest absolute Gasteiger partial charge is 0.272 e. The Morgan fingerprint density at radius 1 is 1.86 bits per heavy atom. The van der Waals surface area contributed by atoms with Crippen molar-refractivity contribution in [3.63, 3.8) is 0 Å². The first-order valence-electron chi connectivity index (χ1n) is 1.84. The molecule has 0 aromatic rings. The highest BCUT2D eigenvalue weighted by Gasteiger charge is 1.87. The average molecular weight is 119 g/mol. The predicted octanol–water partition coefficient (Wildman–Crippen LogP) is 0.320. The summed E-state index contributed by atoms with van der Waals surface area (Å²) < 4.78 is 12.4. The van der Waals surface area contributed by atoms with Crippen LogP contribution in [0.1, 0.15) is 13.3 Å². The van der Waals surface area contributed by atoms with Crippen LogP contribution in [-0.4, -0.2) is 10.1 Å². The highest BCUT2D eigenvalue weighted by Crippen LogP contribution is 1.77. The maximum Gasteiger partial charge on any atom is 0.258 e. The average Bonchev–Trinajstić information content (AvgIpc) is 1.68. The van der Waals surface area contributed by atoms with E-state index < -0.39 is 0 Å². The third-order valence-corrected chi connectivity index (χ3v) is 0.720. The van der Waals surface area contributed by atoms with Crippen LogP contribution < -0.4 is 0 Å². The van der Waals surface area contributed by atoms with Crippen LogP contribution in [0.3, 0.4) is 0 Å². The molecular weight excluding hydrogens is 114 g/mol. The molecule has 40 valence electrons. The maximum atomic E-state index is 10.0. The molecule has 0 unspecified atom stereocenters. The van der Waals surface area contributed by atoms with Gasteiger partial charge in [0.05, 0.1) is 0 Å². The zero-order chi connectivity index (χ0) is 5.70. The van der Waals surface area contributed by atoms with Crippen molar-refractivity contribution in [2.75, 3.05) is 0 Å². The van der Waals surface area contributed by atoms with Crippen molar-refractivity contribution in [3.05, 3.63) is 0 Å². The van der Waals surface area contributed by atoms with E-state index in [1.165, 1.54) is 0 Å². The summed E-state index contributed by atoms with van der Waals surface area (Å²) in [6, 6.07) is 0. The molecule has 0 heterocycles. The second kappa shape index (κ2) is 3.67. The number of hydrogen-bond donors (Lipinski definition) is 0. The van der Waals surface area contributed by atoms with E-state index in [9.17, 15) is 9.00 Å². The van der Waals surface area contributed by atoms with E-state index in [2.05, 4.69) is 4.36 Å². The Labute approximate surface area is 45.0 Å². The molecule has 0 saturated heterocycles. The van der Waals surface area contributed by atoms with Gasteiger partial charge in [0.15, 0.2) is 0 Å². The van der Waals surface area contributed by atoms with Gasteiger partial charge in [0.25, 0.3) is 5.91 Å². The third kappa shape index (κ3) is 3.32. The number of carbonyl (C=O) groups excluding carboxylic acids is 1. The van der Waals surface area contributed by atoms with E-state index >= 15 is 0 Å². The quantitative estimate of drug-likeness (QED) is 0.499. The Bertz CT molecular complexity index is 116. The highest BCUT2D eigenvalue weighted by atomic mass is 32.1. The Kier molecular flexibility index (Phi) is 3.40. The van der Waals surface area contributed by atoms with E-state index in [1.807, 2.05) is 0 Å². The topological polar surface area (TPSA) is 46.5 Å². The number of amides is 1. The van der Waals surface area contributed by atoms with Gasteiger partial charge in [-0.2, -0.15) is 4.21 Å². The van der Waals surface area contributed by atoms with Crippen molar-refractivity contribution < 1.29 is 9.00 Å². The first-order chi connectivity index (χ1) is 3.31. The molecule has 0 aliphatic rings. The second-order valence-corrected chi connectivity index (χ2v) is 1.24. The van der Waals surface area contributed by atoms with E-state index in [0.29, 0.717) is 6.42 Å². The Morgan fingerprint density at radius 2 is 2.43 bits per heavy atom. The fourth-order valence-corrected chi connectivity index (χ4v) is 0.318. The Balaban J connectivity index is 3.58. The molecule has 7 heavy (non-hydrogen) atoms. The standard InChI is InChI=1S/C3H5NO2S/c1-2-3(5)4-7-6/h2H2,1H3. The molecule has 0 spiro atoms. The number of carbonyl (C=O) groups is 1. The van der Waals surface area contributed by atoms with Gasteiger partial charge in [-0.1, -0.05) is 6.92 Å². The molecule has 0 atom stereocenters. The summed E-state index contributed by atoms with van der Waals surface area (Å²) in [5.74, 6) is -0.347. The van der Waals surface area contributed by atoms with E-state index in [-0.39, 0.29) is 17.4 Å². The lowest BCUT2D eigenvalue weighted by atomic mass is 10.5. The van der Waals surface area contributed by atoms with Crippen LogP contribution in [0.15, 0.2) is 4.36 Å². The van der Waals surface area contributed by atoms with Crippen LogP contribution in [0, 0.1) is 0 Å². The maximum absolute atomic E-state index is 10.0. The Hall–Kier alpha value is -0.510. The minimum Gasteiger partial charge on any atom is -0.272 e. The molecule has 4 heteroatoms. The van der Waals surface area contributed by atoms with Gasteiger partial charge in [-0.05, 0) is 0 Å². The van der Waals surface area contributed by atoms with Gasteiger partial charge < -0.3 is 0 Å². The van der Waals surface area contributed by atoms with Crippen LogP contribution in [0.25, 0.3) is 0 Å². The summed E-state index contributed by atoms with van der Waals surface area (Å²) in [4.78, 5) is 10.0. The van der Waals surface area contributed by atoms with Crippen molar-refractivity contribution in [2.45, 2.75) is 13.3 Å². The molecule has 0 rings (SSSR count). The van der Waals surface area contributed by atoms with Crippen molar-refractivity contribution in [2.24, 2.45) is 4.36 Å². The number of nitrogens with zero attached hydrogens (tertiary/aromatic N) is 1. The van der Waals surface area contributed by atoms with E-state index in [0.717, 1.165) is 0 Å². The summed E-state index contributed by atoms with van der Waals surface area (Å²) in [5, 5.41) is 0. The minimum atomic E-state index is -0.347. The van der Waals surface area contributed by atoms with Crippen LogP contribution in [0.2, 0.25) is 0 Å². The van der Waals surface area contributed by atoms with Crippen molar-refractivity contribution in [3.8, 4) is 0 Å². The molecule has 0 aliphatic heterocycles. The molecule has 1 amide bonds. The summed E-state index contributed by atoms with van der Waals surface area (Å²) >= 11 is -0.0402. The van der Waals surface area contributed by atoms with E-state index in [4.69, 9.17) is 0 Å². The SMILES string of the molecule is CCC(=O)N=S=O. The molecule has 0 aromatic carbocycles. The molecule has 0 bridgehead atoms. The lowest BCUT2D eigenvalue weighted by Gasteiger charge is -1.72. The minimum absolute atomic E-state index is 0.0402. The molecule has 0 aliphatic carbocycles. The summed E-state index contributed by atoms with van der Waals surface area (Å²) in [7, 11) is 0. The molecule has 0 aromatic heterocycles. The highest BCUT2D eigenvalue weighted by molar-refractivity contribution is 7.55. The first-order valence-corrected chi connectivity index (χ1v) is 2.54. The van der Waals surface area contributed by atoms with Gasteiger partial charge in [0, 0.05) is 6.42 Å². The number of hydrogen-bond acceptors (Lipinski definition) is 2. The van der Waals surface area contributed by atoms with Gasteiger partial charge in [0.2, 0.25) is 11.5 Å². The zero-order valence-corrected chi connectivity index (χ0v) is 4.70. The van der Waals surface area contributed by atoms with Gasteiger partial charge in [-0.25, -0.2) is 0 Å². The monoisotopic (exact) mass is 119 g/mol. The van der Waals surface area contributed by atoms with Crippen LogP contribution in [0.5, 0.6) is 0 Å². The van der Waals surface area contributed by atoms with Crippen molar-refractivity contribution in [1.29, 1.82) is 0 Å². The summed E-state index contributed by atoms with van der Waals surface area (Å²) in [6.07, 6.45) is 0.315. The Morgan fingerprint density at radius 3 is 2.57 bits per heavy atom. The molecule has 0 radical (unpaired) electrons. The number of rotatable bonds is 1. The zero-order valence-electron chi connectivity index (χ0n) is 3.88. The lowest BCUT2D eigenvalue weighted by molar-refractivity contribution is -0.117. The van der Waals surface area contributed by atoms with Crippen molar-refractivity contribution >= 4 is 17.4 Å². The van der Waals surface area contributed by atoms with Gasteiger partial charge in [-0.3, -0.25) is 4.79 Å². The smallest absolute Gasteiger partial charge is 0.258 e. The van der Waals surface area contributed by atoms with Gasteiger partial charge in [-0.15, -0.1) is 4.36 Å². The molecular formula is C3H5NO2S. The normalized spacial score (nSPS) is 7.57. The van der Waals surface area contributed by atoms with E-state index in [1.54, 1.807) is 6.92 Å². The lowest BCUT2D eigenvalue weighted by Crippen LogP contribution is -1.84. The first kappa shape index (κ1) is 6.49. The van der Waals surface area contributed by atoms with Gasteiger partial charge >= 0.3 is 0 Å². The van der Waals surface area contributed by atoms with Crippen LogP contribution in [-0.2, 0) is 16.3 Å². The molecule has 3 nitrogen and oxygen atoms in total. The van der Waals surface area contributed by atoms with Crippen LogP contribution >= 0.6 is 0 Å². The second-order valence-electron chi connectivity index (χ2n) is 0.913. The summed E-state index contributed by atoms with van der Waals surface area (Å²) in [6.45, 7) is 1.65. The van der Waals surface area contributed by atoms with Crippen molar-refractivity contribution in [1.82, 2.24) is 0 Å². The third-order valence-electron chi connectivity index (χ3n) is 0.442. The molecule has 0 fully saturated rings.